The minimum atomic E-state index is -4.12. The third-order valence-corrected chi connectivity index (χ3v) is 7.59. The lowest BCUT2D eigenvalue weighted by atomic mass is 9.85. The highest BCUT2D eigenvalue weighted by atomic mass is 35.5. The minimum absolute atomic E-state index is 0.0334. The Morgan fingerprint density at radius 3 is 2.28 bits per heavy atom. The quantitative estimate of drug-likeness (QED) is 0.226. The van der Waals surface area contributed by atoms with Crippen LogP contribution in [0.5, 0.6) is 0 Å². The maximum Gasteiger partial charge on any atom is 0.328 e. The number of halogens is 2. The van der Waals surface area contributed by atoms with Crippen LogP contribution in [0.25, 0.3) is 0 Å². The molecule has 0 radical (unpaired) electrons. The van der Waals surface area contributed by atoms with Gasteiger partial charge in [-0.15, -0.1) is 4.40 Å². The maximum absolute atomic E-state index is 13.1. The molecule has 1 heterocycles. The second-order valence-corrected chi connectivity index (χ2v) is 10.8. The van der Waals surface area contributed by atoms with Gasteiger partial charge < -0.3 is 15.2 Å². The van der Waals surface area contributed by atoms with E-state index in [0.717, 1.165) is 11.6 Å². The van der Waals surface area contributed by atoms with Crippen LogP contribution in [-0.4, -0.2) is 56.4 Å². The average Bonchev–Trinajstić information content (AvgIpc) is 3.31. The normalized spacial score (nSPS) is 17.9. The summed E-state index contributed by atoms with van der Waals surface area (Å²) in [6.07, 6.45) is 2.37. The number of hydrogen-bond donors (Lipinski definition) is 2. The number of sulfonamides is 1. The third kappa shape index (κ3) is 6.48. The molecule has 0 fully saturated rings. The molecule has 3 aromatic carbocycles. The fraction of sp³-hybridized carbons (Fsp3) is 0.148. The minimum Gasteiger partial charge on any atom is -0.478 e. The van der Waals surface area contributed by atoms with Crippen molar-refractivity contribution in [2.75, 3.05) is 20.2 Å². The van der Waals surface area contributed by atoms with E-state index in [1.807, 2.05) is 30.3 Å². The molecule has 12 heteroatoms. The van der Waals surface area contributed by atoms with Gasteiger partial charge in [-0.25, -0.2) is 9.80 Å². The lowest BCUT2D eigenvalue weighted by molar-refractivity contribution is -0.131. The molecule has 0 aliphatic carbocycles. The van der Waals surface area contributed by atoms with Gasteiger partial charge in [0.15, 0.2) is 5.60 Å². The topological polar surface area (TPSA) is 121 Å². The highest BCUT2D eigenvalue weighted by Gasteiger charge is 2.47. The van der Waals surface area contributed by atoms with Crippen molar-refractivity contribution in [3.63, 3.8) is 0 Å². The fourth-order valence-electron chi connectivity index (χ4n) is 4.01. The Kier molecular flexibility index (Phi) is 8.71. The first kappa shape index (κ1) is 28.3. The van der Waals surface area contributed by atoms with Gasteiger partial charge in [-0.3, -0.25) is 0 Å². The molecular weight excluding hydrogens is 563 g/mol. The summed E-state index contributed by atoms with van der Waals surface area (Å²) in [7, 11) is -2.59. The molecule has 9 nitrogen and oxygen atoms in total. The smallest absolute Gasteiger partial charge is 0.328 e. The number of carbonyl (C=O) groups is 1. The molecule has 202 valence electrons. The van der Waals surface area contributed by atoms with E-state index in [-0.39, 0.29) is 24.0 Å². The Bertz CT molecular complexity index is 1530. The number of guanidine groups is 1. The van der Waals surface area contributed by atoms with Gasteiger partial charge >= 0.3 is 5.97 Å². The van der Waals surface area contributed by atoms with Crippen LogP contribution in [0.4, 0.5) is 0 Å². The largest absolute Gasteiger partial charge is 0.478 e. The molecule has 0 saturated carbocycles. The van der Waals surface area contributed by atoms with Crippen molar-refractivity contribution >= 4 is 50.9 Å². The van der Waals surface area contributed by atoms with Crippen LogP contribution >= 0.6 is 23.2 Å². The molecule has 0 spiro atoms. The number of rotatable bonds is 8. The number of carboxylic acid groups (broad SMARTS) is 1. The maximum atomic E-state index is 13.1. The number of nitrogens with one attached hydrogen (secondary N) is 1. The second-order valence-electron chi connectivity index (χ2n) is 8.35. The van der Waals surface area contributed by atoms with Crippen LogP contribution < -0.4 is 5.32 Å². The monoisotopic (exact) mass is 586 g/mol. The van der Waals surface area contributed by atoms with E-state index in [0.29, 0.717) is 21.3 Å². The first-order valence-corrected chi connectivity index (χ1v) is 13.8. The van der Waals surface area contributed by atoms with Crippen molar-refractivity contribution in [1.82, 2.24) is 10.3 Å². The number of benzene rings is 3. The molecule has 1 unspecified atom stereocenters. The van der Waals surface area contributed by atoms with Crippen molar-refractivity contribution in [2.24, 2.45) is 9.50 Å². The molecule has 0 saturated heterocycles. The van der Waals surface area contributed by atoms with Gasteiger partial charge in [0.1, 0.15) is 5.71 Å². The molecule has 1 aliphatic rings. The Hall–Kier alpha value is -3.70. The first-order chi connectivity index (χ1) is 18.6. The fourth-order valence-corrected chi connectivity index (χ4v) is 5.26. The molecule has 2 N–H and O–H groups in total. The van der Waals surface area contributed by atoms with Crippen molar-refractivity contribution in [2.45, 2.75) is 10.5 Å². The number of carboxylic acids is 1. The molecule has 1 aliphatic heterocycles. The Morgan fingerprint density at radius 2 is 1.69 bits per heavy atom. The summed E-state index contributed by atoms with van der Waals surface area (Å²) < 4.78 is 36.6. The molecule has 1 atom stereocenters. The average molecular weight is 587 g/mol. The molecule has 3 aromatic rings. The van der Waals surface area contributed by atoms with Crippen LogP contribution in [0, 0.1) is 0 Å². The molecule has 0 amide bonds. The van der Waals surface area contributed by atoms with Crippen molar-refractivity contribution in [3.05, 3.63) is 112 Å². The Balaban J connectivity index is 1.83. The third-order valence-electron chi connectivity index (χ3n) is 5.81. The van der Waals surface area contributed by atoms with Crippen LogP contribution in [-0.2, 0) is 25.2 Å². The lowest BCUT2D eigenvalue weighted by Crippen LogP contribution is -2.45. The van der Waals surface area contributed by atoms with Gasteiger partial charge in [-0.1, -0.05) is 71.7 Å². The van der Waals surface area contributed by atoms with Crippen LogP contribution in [0.15, 0.2) is 105 Å². The van der Waals surface area contributed by atoms with Gasteiger partial charge in [0.2, 0.25) is 5.96 Å². The molecular formula is C27H24Cl2N4O5S. The number of aliphatic carboxylic acids is 1. The number of nitrogens with zero attached hydrogens (tertiary/aromatic N) is 3. The highest BCUT2D eigenvalue weighted by Crippen LogP contribution is 2.37. The zero-order chi connectivity index (χ0) is 28.0. The summed E-state index contributed by atoms with van der Waals surface area (Å²) in [6.45, 7) is -0.0254. The van der Waals surface area contributed by atoms with Crippen molar-refractivity contribution in [3.8, 4) is 0 Å². The van der Waals surface area contributed by atoms with Crippen LogP contribution in [0.2, 0.25) is 10.0 Å². The van der Waals surface area contributed by atoms with Gasteiger partial charge in [0.05, 0.1) is 18.0 Å². The summed E-state index contributed by atoms with van der Waals surface area (Å²) >= 11 is 12.0. The lowest BCUT2D eigenvalue weighted by Gasteiger charge is -2.31. The SMILES string of the molecule is CN/C(=N\S(=O)(=O)c1ccc(Cl)cc1)N1CC(OC/C=C/C(=O)O)(c2ccccc2)C(c2ccc(Cl)cc2)=N1. The zero-order valence-electron chi connectivity index (χ0n) is 20.7. The van der Waals surface area contributed by atoms with Gasteiger partial charge in [0, 0.05) is 28.7 Å². The van der Waals surface area contributed by atoms with Gasteiger partial charge in [-0.05, 0) is 42.0 Å². The standard InChI is InChI=1S/C27H24Cl2N4O5S/c1-30-26(32-39(36,37)23-15-13-22(29)14-16-23)33-18-27(20-6-3-2-4-7-20,38-17-5-8-24(34)35)25(31-33)19-9-11-21(28)12-10-19/h2-16H,17-18H2,1H3,(H,30,32)(H,34,35)/b8-5+. The van der Waals surface area contributed by atoms with Crippen molar-refractivity contribution < 1.29 is 23.1 Å². The highest BCUT2D eigenvalue weighted by molar-refractivity contribution is 7.90. The summed E-state index contributed by atoms with van der Waals surface area (Å²) in [5.41, 5.74) is 0.630. The summed E-state index contributed by atoms with van der Waals surface area (Å²) in [5, 5.41) is 18.9. The van der Waals surface area contributed by atoms with E-state index in [2.05, 4.69) is 9.71 Å². The number of ether oxygens (including phenoxy) is 1. The van der Waals surface area contributed by atoms with Gasteiger partial charge in [0.25, 0.3) is 10.0 Å². The predicted octanol–water partition coefficient (Wildman–Crippen LogP) is 4.53. The van der Waals surface area contributed by atoms with E-state index in [9.17, 15) is 13.2 Å². The summed E-state index contributed by atoms with van der Waals surface area (Å²) in [6, 6.07) is 21.9. The zero-order valence-corrected chi connectivity index (χ0v) is 23.0. The Labute approximate surface area is 236 Å². The number of hydrogen-bond acceptors (Lipinski definition) is 5. The second kappa shape index (κ2) is 12.0. The predicted molar refractivity (Wildman–Crippen MR) is 151 cm³/mol. The molecule has 0 aromatic heterocycles. The Morgan fingerprint density at radius 1 is 1.08 bits per heavy atom. The van der Waals surface area contributed by atoms with E-state index in [1.165, 1.54) is 42.4 Å². The van der Waals surface area contributed by atoms with E-state index < -0.39 is 21.6 Å². The first-order valence-electron chi connectivity index (χ1n) is 11.6. The van der Waals surface area contributed by atoms with E-state index in [1.54, 1.807) is 24.3 Å². The van der Waals surface area contributed by atoms with Crippen LogP contribution in [0.1, 0.15) is 11.1 Å². The molecule has 39 heavy (non-hydrogen) atoms. The van der Waals surface area contributed by atoms with Crippen LogP contribution in [0.3, 0.4) is 0 Å². The van der Waals surface area contributed by atoms with E-state index >= 15 is 0 Å². The number of hydrazone groups is 1. The molecule has 0 bridgehead atoms. The molecule has 4 rings (SSSR count). The summed E-state index contributed by atoms with van der Waals surface area (Å²) in [4.78, 5) is 11.0. The van der Waals surface area contributed by atoms with E-state index in [4.69, 9.17) is 38.1 Å². The summed E-state index contributed by atoms with van der Waals surface area (Å²) in [5.74, 6) is -1.15. The van der Waals surface area contributed by atoms with Gasteiger partial charge in [-0.2, -0.15) is 13.5 Å². The van der Waals surface area contributed by atoms with Crippen molar-refractivity contribution in [1.29, 1.82) is 0 Å².